The monoisotopic (exact) mass is 416 g/mol. The van der Waals surface area contributed by atoms with Crippen LogP contribution in [0.25, 0.3) is 17.1 Å². The molecule has 8 heteroatoms. The molecule has 0 N–H and O–H groups in total. The fourth-order valence-corrected chi connectivity index (χ4v) is 3.96. The summed E-state index contributed by atoms with van der Waals surface area (Å²) in [6.07, 6.45) is 0. The number of aryl methyl sites for hydroxylation is 1. The summed E-state index contributed by atoms with van der Waals surface area (Å²) in [5.74, 6) is 2.03. The topological polar surface area (TPSA) is 56.7 Å². The van der Waals surface area contributed by atoms with E-state index in [1.54, 1.807) is 12.1 Å². The molecule has 0 saturated carbocycles. The Morgan fingerprint density at radius 2 is 1.85 bits per heavy atom. The first kappa shape index (κ1) is 18.1. The molecule has 27 heavy (non-hydrogen) atoms. The largest absolute Gasteiger partial charge is 0.360 e. The number of thioether (sulfide) groups is 1. The molecule has 0 atom stereocenters. The van der Waals surface area contributed by atoms with Crippen LogP contribution < -0.4 is 0 Å². The van der Waals surface area contributed by atoms with Crippen molar-refractivity contribution in [3.8, 4) is 17.1 Å². The molecule has 2 aromatic carbocycles. The van der Waals surface area contributed by atoms with Crippen LogP contribution in [-0.4, -0.2) is 19.9 Å². The average molecular weight is 417 g/mol. The molecular formula is C19H14Cl2N4OS. The normalized spacial score (nSPS) is 11.1. The second-order valence-electron chi connectivity index (χ2n) is 5.82. The van der Waals surface area contributed by atoms with E-state index in [9.17, 15) is 0 Å². The zero-order valence-electron chi connectivity index (χ0n) is 14.3. The smallest absolute Gasteiger partial charge is 0.196 e. The molecule has 0 amide bonds. The Bertz CT molecular complexity index is 1080. The number of nitrogens with zero attached hydrogens (tertiary/aromatic N) is 4. The highest BCUT2D eigenvalue weighted by Crippen LogP contribution is 2.34. The summed E-state index contributed by atoms with van der Waals surface area (Å²) < 4.78 is 7.27. The summed E-state index contributed by atoms with van der Waals surface area (Å²) in [4.78, 5) is 0. The van der Waals surface area contributed by atoms with Crippen molar-refractivity contribution in [3.63, 3.8) is 0 Å². The molecule has 0 radical (unpaired) electrons. The Labute approximate surface area is 170 Å². The van der Waals surface area contributed by atoms with Crippen LogP contribution in [0.15, 0.2) is 64.3 Å². The van der Waals surface area contributed by atoms with Gasteiger partial charge in [0, 0.05) is 22.3 Å². The lowest BCUT2D eigenvalue weighted by molar-refractivity contribution is 0.391. The van der Waals surface area contributed by atoms with Gasteiger partial charge in [0.1, 0.15) is 5.76 Å². The Morgan fingerprint density at radius 1 is 1.04 bits per heavy atom. The number of hydrogen-bond acceptors (Lipinski definition) is 5. The second-order valence-corrected chi connectivity index (χ2v) is 7.61. The summed E-state index contributed by atoms with van der Waals surface area (Å²) >= 11 is 14.0. The fraction of sp³-hybridized carbons (Fsp3) is 0.105. The van der Waals surface area contributed by atoms with E-state index < -0.39 is 0 Å². The third-order valence-corrected chi connectivity index (χ3v) is 5.34. The van der Waals surface area contributed by atoms with Crippen molar-refractivity contribution in [2.24, 2.45) is 0 Å². The third-order valence-electron chi connectivity index (χ3n) is 3.84. The van der Waals surface area contributed by atoms with Crippen LogP contribution in [0.4, 0.5) is 0 Å². The highest BCUT2D eigenvalue weighted by atomic mass is 35.5. The van der Waals surface area contributed by atoms with Crippen LogP contribution in [0.5, 0.6) is 0 Å². The molecule has 0 fully saturated rings. The molecule has 4 aromatic rings. The molecule has 0 saturated heterocycles. The van der Waals surface area contributed by atoms with Gasteiger partial charge in [0.15, 0.2) is 11.0 Å². The summed E-state index contributed by atoms with van der Waals surface area (Å²) in [5.41, 5.74) is 2.56. The summed E-state index contributed by atoms with van der Waals surface area (Å²) in [5, 5.41) is 14.5. The van der Waals surface area contributed by atoms with Crippen molar-refractivity contribution >= 4 is 35.0 Å². The standard InChI is InChI=1S/C19H14Cl2N4OS/c1-12-9-15(26-24-12)11-27-19-23-22-18(16-8-7-13(20)10-17(16)21)25(19)14-5-3-2-4-6-14/h2-10H,11H2,1H3. The summed E-state index contributed by atoms with van der Waals surface area (Å²) in [6.45, 7) is 1.89. The van der Waals surface area contributed by atoms with Crippen LogP contribution >= 0.6 is 35.0 Å². The van der Waals surface area contributed by atoms with Crippen molar-refractivity contribution in [1.29, 1.82) is 0 Å². The minimum absolute atomic E-state index is 0.523. The summed E-state index contributed by atoms with van der Waals surface area (Å²) in [7, 11) is 0. The number of benzene rings is 2. The molecule has 136 valence electrons. The maximum absolute atomic E-state index is 6.41. The Kier molecular flexibility index (Phi) is 5.20. The van der Waals surface area contributed by atoms with Gasteiger partial charge in [-0.15, -0.1) is 10.2 Å². The van der Waals surface area contributed by atoms with Gasteiger partial charge in [-0.2, -0.15) is 0 Å². The first-order valence-corrected chi connectivity index (χ1v) is 9.87. The molecule has 5 nitrogen and oxygen atoms in total. The lowest BCUT2D eigenvalue weighted by Gasteiger charge is -2.11. The van der Waals surface area contributed by atoms with E-state index >= 15 is 0 Å². The van der Waals surface area contributed by atoms with E-state index in [4.69, 9.17) is 27.7 Å². The molecule has 0 bridgehead atoms. The number of aromatic nitrogens is 4. The quantitative estimate of drug-likeness (QED) is 0.383. The van der Waals surface area contributed by atoms with Gasteiger partial charge in [-0.05, 0) is 37.3 Å². The first-order valence-electron chi connectivity index (χ1n) is 8.13. The van der Waals surface area contributed by atoms with Crippen molar-refractivity contribution in [2.45, 2.75) is 17.8 Å². The Morgan fingerprint density at radius 3 is 2.56 bits per heavy atom. The van der Waals surface area contributed by atoms with Gasteiger partial charge in [0.05, 0.1) is 16.5 Å². The minimum Gasteiger partial charge on any atom is -0.360 e. The number of para-hydroxylation sites is 1. The molecule has 0 spiro atoms. The van der Waals surface area contributed by atoms with E-state index in [-0.39, 0.29) is 0 Å². The van der Waals surface area contributed by atoms with Gasteiger partial charge >= 0.3 is 0 Å². The second kappa shape index (κ2) is 7.76. The predicted molar refractivity (Wildman–Crippen MR) is 108 cm³/mol. The minimum atomic E-state index is 0.523. The van der Waals surface area contributed by atoms with Crippen LogP contribution in [0, 0.1) is 6.92 Å². The van der Waals surface area contributed by atoms with E-state index in [0.29, 0.717) is 21.6 Å². The lowest BCUT2D eigenvalue weighted by atomic mass is 10.2. The molecule has 0 aliphatic heterocycles. The number of halogens is 2. The Balaban J connectivity index is 1.76. The zero-order chi connectivity index (χ0) is 18.8. The molecule has 2 aromatic heterocycles. The van der Waals surface area contributed by atoms with Crippen molar-refractivity contribution < 1.29 is 4.52 Å². The number of rotatable bonds is 5. The van der Waals surface area contributed by atoms with Crippen LogP contribution in [0.2, 0.25) is 10.0 Å². The van der Waals surface area contributed by atoms with Crippen LogP contribution in [0.3, 0.4) is 0 Å². The molecule has 0 aliphatic rings. The molecule has 0 unspecified atom stereocenters. The van der Waals surface area contributed by atoms with Gasteiger partial charge in [0.2, 0.25) is 0 Å². The van der Waals surface area contributed by atoms with Crippen LogP contribution in [-0.2, 0) is 5.75 Å². The van der Waals surface area contributed by atoms with Gasteiger partial charge in [0.25, 0.3) is 0 Å². The van der Waals surface area contributed by atoms with Gasteiger partial charge in [-0.25, -0.2) is 0 Å². The highest BCUT2D eigenvalue weighted by molar-refractivity contribution is 7.98. The third kappa shape index (κ3) is 3.88. The number of hydrogen-bond donors (Lipinski definition) is 0. The average Bonchev–Trinajstić information content (AvgIpc) is 3.27. The van der Waals surface area contributed by atoms with E-state index in [2.05, 4.69) is 15.4 Å². The van der Waals surface area contributed by atoms with Crippen molar-refractivity contribution in [1.82, 2.24) is 19.9 Å². The highest BCUT2D eigenvalue weighted by Gasteiger charge is 2.19. The molecule has 0 aliphatic carbocycles. The van der Waals surface area contributed by atoms with E-state index in [1.807, 2.05) is 54.0 Å². The van der Waals surface area contributed by atoms with Crippen molar-refractivity contribution in [3.05, 3.63) is 76.1 Å². The fourth-order valence-electron chi connectivity index (χ4n) is 2.64. The SMILES string of the molecule is Cc1cc(CSc2nnc(-c3ccc(Cl)cc3Cl)n2-c2ccccc2)on1. The lowest BCUT2D eigenvalue weighted by Crippen LogP contribution is -2.00. The van der Waals surface area contributed by atoms with E-state index in [0.717, 1.165) is 27.9 Å². The van der Waals surface area contributed by atoms with Gasteiger partial charge in [-0.1, -0.05) is 58.3 Å². The van der Waals surface area contributed by atoms with Crippen molar-refractivity contribution in [2.75, 3.05) is 0 Å². The zero-order valence-corrected chi connectivity index (χ0v) is 16.6. The van der Waals surface area contributed by atoms with Crippen LogP contribution in [0.1, 0.15) is 11.5 Å². The van der Waals surface area contributed by atoms with Gasteiger partial charge < -0.3 is 4.52 Å². The predicted octanol–water partition coefficient (Wildman–Crippen LogP) is 5.83. The maximum atomic E-state index is 6.41. The molecular weight excluding hydrogens is 403 g/mol. The molecule has 2 heterocycles. The summed E-state index contributed by atoms with van der Waals surface area (Å²) in [6, 6.07) is 17.2. The van der Waals surface area contributed by atoms with Gasteiger partial charge in [-0.3, -0.25) is 4.57 Å². The first-order chi connectivity index (χ1) is 13.1. The van der Waals surface area contributed by atoms with E-state index in [1.165, 1.54) is 11.8 Å². The Hall–Kier alpha value is -2.28. The maximum Gasteiger partial charge on any atom is 0.196 e. The molecule has 4 rings (SSSR count).